The molecule has 10 heavy (non-hydrogen) atoms. The number of aromatic nitrogens is 4. The third-order valence-corrected chi connectivity index (χ3v) is 0.679. The molecule has 0 amide bonds. The summed E-state index contributed by atoms with van der Waals surface area (Å²) in [5, 5.41) is 14.6. The van der Waals surface area contributed by atoms with E-state index in [4.69, 9.17) is 0 Å². The zero-order valence-electron chi connectivity index (χ0n) is 6.79. The third-order valence-electron chi connectivity index (χ3n) is 0.679. The molecule has 0 unspecified atom stereocenters. The normalized spacial score (nSPS) is 8.00. The highest BCUT2D eigenvalue weighted by Crippen LogP contribution is 1.78. The summed E-state index contributed by atoms with van der Waals surface area (Å²) in [6.07, 6.45) is 0. The quantitative estimate of drug-likeness (QED) is 0.537. The first kappa shape index (κ1) is 8.94. The predicted octanol–water partition coefficient (Wildman–Crippen LogP) is 0.910. The lowest BCUT2D eigenvalue weighted by atomic mass is 10.7. The fourth-order valence-corrected chi connectivity index (χ4v) is 0.329. The van der Waals surface area contributed by atoms with Crippen LogP contribution in [0.1, 0.15) is 25.5 Å². The summed E-state index contributed by atoms with van der Waals surface area (Å²) in [5.74, 6) is 1.21. The first-order valence-corrected chi connectivity index (χ1v) is 3.29. The van der Waals surface area contributed by atoms with Gasteiger partial charge in [0.25, 0.3) is 0 Å². The van der Waals surface area contributed by atoms with Crippen molar-refractivity contribution in [2.75, 3.05) is 0 Å². The summed E-state index contributed by atoms with van der Waals surface area (Å²) >= 11 is 0. The molecule has 0 fully saturated rings. The molecule has 0 aliphatic heterocycles. The van der Waals surface area contributed by atoms with Crippen LogP contribution < -0.4 is 0 Å². The smallest absolute Gasteiger partial charge is 0.132 e. The maximum absolute atomic E-state index is 3.66. The lowest BCUT2D eigenvalue weighted by Gasteiger charge is -1.85. The Morgan fingerprint density at radius 2 is 0.900 bits per heavy atom. The van der Waals surface area contributed by atoms with E-state index in [1.807, 2.05) is 13.8 Å². The van der Waals surface area contributed by atoms with Gasteiger partial charge >= 0.3 is 0 Å². The van der Waals surface area contributed by atoms with Crippen molar-refractivity contribution in [3.63, 3.8) is 0 Å². The Labute approximate surface area is 60.7 Å². The van der Waals surface area contributed by atoms with Crippen molar-refractivity contribution in [2.45, 2.75) is 27.7 Å². The molecule has 0 saturated heterocycles. The summed E-state index contributed by atoms with van der Waals surface area (Å²) in [6.45, 7) is 7.50. The highest BCUT2D eigenvalue weighted by Gasteiger charge is 1.86. The van der Waals surface area contributed by atoms with Crippen LogP contribution in [0.4, 0.5) is 0 Å². The number of rotatable bonds is 0. The highest BCUT2D eigenvalue weighted by molar-refractivity contribution is 4.73. The van der Waals surface area contributed by atoms with E-state index in [1.54, 1.807) is 13.8 Å². The monoisotopic (exact) mass is 140 g/mol. The predicted molar refractivity (Wildman–Crippen MR) is 38.4 cm³/mol. The molecule has 1 heterocycles. The van der Waals surface area contributed by atoms with Crippen molar-refractivity contribution in [1.29, 1.82) is 0 Å². The molecule has 1 rings (SSSR count). The van der Waals surface area contributed by atoms with Crippen LogP contribution >= 0.6 is 0 Å². The number of hydrogen-bond donors (Lipinski definition) is 0. The van der Waals surface area contributed by atoms with E-state index in [2.05, 4.69) is 20.4 Å². The molecule has 4 nitrogen and oxygen atoms in total. The molecule has 1 aromatic rings. The lowest BCUT2D eigenvalue weighted by molar-refractivity contribution is 0.767. The Morgan fingerprint density at radius 3 is 1.10 bits per heavy atom. The van der Waals surface area contributed by atoms with E-state index in [0.717, 1.165) is 0 Å². The zero-order chi connectivity index (χ0) is 7.98. The van der Waals surface area contributed by atoms with Gasteiger partial charge in [0.1, 0.15) is 0 Å². The van der Waals surface area contributed by atoms with Gasteiger partial charge in [0.2, 0.25) is 0 Å². The second kappa shape index (κ2) is 4.78. The minimum atomic E-state index is 0.607. The first-order chi connectivity index (χ1) is 4.79. The fourth-order valence-electron chi connectivity index (χ4n) is 0.329. The van der Waals surface area contributed by atoms with E-state index >= 15 is 0 Å². The van der Waals surface area contributed by atoms with Crippen molar-refractivity contribution < 1.29 is 0 Å². The zero-order valence-corrected chi connectivity index (χ0v) is 6.79. The third kappa shape index (κ3) is 3.06. The highest BCUT2D eigenvalue weighted by atomic mass is 15.3. The van der Waals surface area contributed by atoms with Gasteiger partial charge < -0.3 is 0 Å². The van der Waals surface area contributed by atoms with Gasteiger partial charge in [-0.1, -0.05) is 13.8 Å². The van der Waals surface area contributed by atoms with E-state index in [1.165, 1.54) is 0 Å². The number of aryl methyl sites for hydroxylation is 2. The largest absolute Gasteiger partial charge is 0.170 e. The molecule has 0 atom stereocenters. The van der Waals surface area contributed by atoms with Crippen LogP contribution in [0.2, 0.25) is 0 Å². The Balaban J connectivity index is 0.000000371. The van der Waals surface area contributed by atoms with E-state index in [-0.39, 0.29) is 0 Å². The van der Waals surface area contributed by atoms with Gasteiger partial charge in [0.05, 0.1) is 0 Å². The SMILES string of the molecule is CC.Cc1nnc(C)nn1. The van der Waals surface area contributed by atoms with Crippen molar-refractivity contribution in [2.24, 2.45) is 0 Å². The molecule has 4 heteroatoms. The Kier molecular flexibility index (Phi) is 4.28. The van der Waals surface area contributed by atoms with Crippen molar-refractivity contribution in [3.05, 3.63) is 11.6 Å². The van der Waals surface area contributed by atoms with Gasteiger partial charge in [-0.15, -0.1) is 20.4 Å². The molecule has 0 aliphatic rings. The van der Waals surface area contributed by atoms with Crippen molar-refractivity contribution in [3.8, 4) is 0 Å². The summed E-state index contributed by atoms with van der Waals surface area (Å²) in [7, 11) is 0. The Morgan fingerprint density at radius 1 is 0.700 bits per heavy atom. The molecule has 0 radical (unpaired) electrons. The van der Waals surface area contributed by atoms with Crippen molar-refractivity contribution >= 4 is 0 Å². The standard InChI is InChI=1S/C4H6N4.C2H6/c1-3-5-7-4(2)8-6-3;1-2/h1-2H3;1-2H3. The minimum absolute atomic E-state index is 0.607. The van der Waals surface area contributed by atoms with E-state index in [0.29, 0.717) is 11.6 Å². The van der Waals surface area contributed by atoms with Crippen LogP contribution in [0.25, 0.3) is 0 Å². The van der Waals surface area contributed by atoms with Gasteiger partial charge in [0.15, 0.2) is 11.6 Å². The van der Waals surface area contributed by atoms with Gasteiger partial charge in [-0.2, -0.15) is 0 Å². The average molecular weight is 140 g/mol. The second-order valence-corrected chi connectivity index (χ2v) is 1.49. The van der Waals surface area contributed by atoms with Crippen LogP contribution in [-0.2, 0) is 0 Å². The number of hydrogen-bond acceptors (Lipinski definition) is 4. The molecule has 0 spiro atoms. The molecule has 0 bridgehead atoms. The van der Waals surface area contributed by atoms with Crippen LogP contribution in [0.5, 0.6) is 0 Å². The van der Waals surface area contributed by atoms with Gasteiger partial charge in [0, 0.05) is 0 Å². The average Bonchev–Trinajstić information content (AvgIpc) is 2.00. The summed E-state index contributed by atoms with van der Waals surface area (Å²) in [5.41, 5.74) is 0. The first-order valence-electron chi connectivity index (χ1n) is 3.29. The molecular weight excluding hydrogens is 128 g/mol. The van der Waals surface area contributed by atoms with Crippen LogP contribution in [0.3, 0.4) is 0 Å². The van der Waals surface area contributed by atoms with Gasteiger partial charge in [-0.05, 0) is 13.8 Å². The lowest BCUT2D eigenvalue weighted by Crippen LogP contribution is -1.97. The molecule has 0 N–H and O–H groups in total. The topological polar surface area (TPSA) is 51.6 Å². The molecule has 0 aromatic carbocycles. The fraction of sp³-hybridized carbons (Fsp3) is 0.667. The van der Waals surface area contributed by atoms with Crippen LogP contribution in [0.15, 0.2) is 0 Å². The molecule has 1 aromatic heterocycles. The number of nitrogens with zero attached hydrogens (tertiary/aromatic N) is 4. The minimum Gasteiger partial charge on any atom is -0.132 e. The van der Waals surface area contributed by atoms with Crippen LogP contribution in [0, 0.1) is 13.8 Å². The molecule has 0 saturated carbocycles. The summed E-state index contributed by atoms with van der Waals surface area (Å²) in [4.78, 5) is 0. The Hall–Kier alpha value is -1.06. The molecule has 56 valence electrons. The second-order valence-electron chi connectivity index (χ2n) is 1.49. The maximum Gasteiger partial charge on any atom is 0.170 e. The summed E-state index contributed by atoms with van der Waals surface area (Å²) < 4.78 is 0. The van der Waals surface area contributed by atoms with Crippen LogP contribution in [-0.4, -0.2) is 20.4 Å². The Bertz CT molecular complexity index is 149. The van der Waals surface area contributed by atoms with Crippen molar-refractivity contribution in [1.82, 2.24) is 20.4 Å². The molecular formula is C6H12N4. The van der Waals surface area contributed by atoms with Gasteiger partial charge in [-0.25, -0.2) is 0 Å². The van der Waals surface area contributed by atoms with Gasteiger partial charge in [-0.3, -0.25) is 0 Å². The van der Waals surface area contributed by atoms with E-state index in [9.17, 15) is 0 Å². The summed E-state index contributed by atoms with van der Waals surface area (Å²) in [6, 6.07) is 0. The van der Waals surface area contributed by atoms with E-state index < -0.39 is 0 Å². The maximum atomic E-state index is 3.66. The molecule has 0 aliphatic carbocycles.